The summed E-state index contributed by atoms with van der Waals surface area (Å²) in [4.78, 5) is 36.1. The van der Waals surface area contributed by atoms with Crippen LogP contribution in [0.25, 0.3) is 11.0 Å². The summed E-state index contributed by atoms with van der Waals surface area (Å²) in [7, 11) is -3.62. The Morgan fingerprint density at radius 2 is 1.79 bits per heavy atom. The third-order valence-corrected chi connectivity index (χ3v) is 6.55. The van der Waals surface area contributed by atoms with Gasteiger partial charge in [-0.1, -0.05) is 0 Å². The Kier molecular flexibility index (Phi) is 6.66. The van der Waals surface area contributed by atoms with Gasteiger partial charge in [0.2, 0.25) is 10.0 Å². The van der Waals surface area contributed by atoms with Crippen LogP contribution in [0.15, 0.2) is 62.6 Å². The molecule has 1 aliphatic carbocycles. The Morgan fingerprint density at radius 1 is 1.06 bits per heavy atom. The maximum Gasteiger partial charge on any atom is 0.411 e. The molecule has 1 saturated carbocycles. The number of rotatable bonds is 8. The van der Waals surface area contributed by atoms with E-state index in [2.05, 4.69) is 10.0 Å². The Morgan fingerprint density at radius 3 is 2.47 bits per heavy atom. The highest BCUT2D eigenvalue weighted by Crippen LogP contribution is 2.24. The SMILES string of the molecule is CCOC(=O)Nc1ccc2c(COC(=O)c3ccc(S(=O)(=O)NC4CC4)cc3)cc(=O)oc2c1. The van der Waals surface area contributed by atoms with Crippen LogP contribution in [0.1, 0.15) is 35.7 Å². The number of esters is 1. The Hall–Kier alpha value is -3.70. The molecule has 0 unspecified atom stereocenters. The van der Waals surface area contributed by atoms with Crippen molar-refractivity contribution in [2.75, 3.05) is 11.9 Å². The first-order valence-electron chi connectivity index (χ1n) is 10.6. The third kappa shape index (κ3) is 5.61. The summed E-state index contributed by atoms with van der Waals surface area (Å²) < 4.78 is 42.4. The minimum atomic E-state index is -3.62. The molecule has 0 spiro atoms. The molecule has 2 aromatic carbocycles. The van der Waals surface area contributed by atoms with Gasteiger partial charge >= 0.3 is 17.7 Å². The van der Waals surface area contributed by atoms with E-state index in [0.29, 0.717) is 16.6 Å². The van der Waals surface area contributed by atoms with Crippen molar-refractivity contribution in [3.8, 4) is 0 Å². The first kappa shape index (κ1) is 23.5. The number of fused-ring (bicyclic) bond motifs is 1. The zero-order chi connectivity index (χ0) is 24.3. The second kappa shape index (κ2) is 9.65. The summed E-state index contributed by atoms with van der Waals surface area (Å²) in [5, 5.41) is 3.04. The minimum Gasteiger partial charge on any atom is -0.457 e. The molecule has 11 heteroatoms. The van der Waals surface area contributed by atoms with Crippen LogP contribution in [0, 0.1) is 0 Å². The smallest absolute Gasteiger partial charge is 0.411 e. The second-order valence-corrected chi connectivity index (χ2v) is 9.36. The lowest BCUT2D eigenvalue weighted by molar-refractivity contribution is 0.0473. The number of carbonyl (C=O) groups excluding carboxylic acids is 2. The zero-order valence-electron chi connectivity index (χ0n) is 18.2. The fourth-order valence-electron chi connectivity index (χ4n) is 3.20. The van der Waals surface area contributed by atoms with Crippen LogP contribution in [-0.4, -0.2) is 33.1 Å². The van der Waals surface area contributed by atoms with E-state index >= 15 is 0 Å². The van der Waals surface area contributed by atoms with Crippen molar-refractivity contribution >= 4 is 38.7 Å². The van der Waals surface area contributed by atoms with Crippen LogP contribution in [0.5, 0.6) is 0 Å². The number of sulfonamides is 1. The quantitative estimate of drug-likeness (QED) is 0.365. The van der Waals surface area contributed by atoms with Gasteiger partial charge < -0.3 is 13.9 Å². The van der Waals surface area contributed by atoms with E-state index in [4.69, 9.17) is 13.9 Å². The fraction of sp³-hybridized carbons (Fsp3) is 0.261. The molecular formula is C23H22N2O8S. The highest BCUT2D eigenvalue weighted by molar-refractivity contribution is 7.89. The molecule has 0 radical (unpaired) electrons. The molecule has 1 aliphatic rings. The average molecular weight is 487 g/mol. The largest absolute Gasteiger partial charge is 0.457 e. The molecule has 2 N–H and O–H groups in total. The molecule has 0 saturated heterocycles. The summed E-state index contributed by atoms with van der Waals surface area (Å²) in [6, 6.07) is 11.3. The number of benzene rings is 2. The van der Waals surface area contributed by atoms with Crippen molar-refractivity contribution in [2.24, 2.45) is 0 Å². The van der Waals surface area contributed by atoms with E-state index in [-0.39, 0.29) is 35.3 Å². The van der Waals surface area contributed by atoms with Crippen molar-refractivity contribution in [2.45, 2.75) is 37.3 Å². The van der Waals surface area contributed by atoms with Gasteiger partial charge in [0.1, 0.15) is 12.2 Å². The number of carbonyl (C=O) groups is 2. The highest BCUT2D eigenvalue weighted by Gasteiger charge is 2.28. The van der Waals surface area contributed by atoms with E-state index in [1.165, 1.54) is 36.4 Å². The van der Waals surface area contributed by atoms with Crippen molar-refractivity contribution in [3.63, 3.8) is 0 Å². The van der Waals surface area contributed by atoms with Crippen LogP contribution in [0.3, 0.4) is 0 Å². The normalized spacial score (nSPS) is 13.4. The number of hydrogen-bond donors (Lipinski definition) is 2. The van der Waals surface area contributed by atoms with Gasteiger partial charge in [0, 0.05) is 34.8 Å². The Labute approximate surface area is 194 Å². The monoisotopic (exact) mass is 486 g/mol. The molecule has 1 heterocycles. The third-order valence-electron chi connectivity index (χ3n) is 5.01. The molecule has 0 aliphatic heterocycles. The molecule has 1 amide bonds. The first-order chi connectivity index (χ1) is 16.2. The summed E-state index contributed by atoms with van der Waals surface area (Å²) in [5.74, 6) is -0.680. The van der Waals surface area contributed by atoms with E-state index in [0.717, 1.165) is 12.8 Å². The van der Waals surface area contributed by atoms with Gasteiger partial charge in [-0.25, -0.2) is 27.5 Å². The molecule has 1 fully saturated rings. The van der Waals surface area contributed by atoms with Crippen molar-refractivity contribution in [3.05, 3.63) is 70.1 Å². The van der Waals surface area contributed by atoms with Crippen LogP contribution >= 0.6 is 0 Å². The van der Waals surface area contributed by atoms with Crippen molar-refractivity contribution in [1.82, 2.24) is 4.72 Å². The lowest BCUT2D eigenvalue weighted by Crippen LogP contribution is -2.25. The number of hydrogen-bond acceptors (Lipinski definition) is 8. The molecule has 4 rings (SSSR count). The predicted molar refractivity (Wildman–Crippen MR) is 122 cm³/mol. The van der Waals surface area contributed by atoms with Crippen LogP contribution in [0.4, 0.5) is 10.5 Å². The molecule has 0 atom stereocenters. The Bertz CT molecular complexity index is 1390. The average Bonchev–Trinajstić information content (AvgIpc) is 3.60. The summed E-state index contributed by atoms with van der Waals surface area (Å²) in [6.07, 6.45) is 0.995. The fourth-order valence-corrected chi connectivity index (χ4v) is 4.50. The Balaban J connectivity index is 1.46. The van der Waals surface area contributed by atoms with E-state index in [9.17, 15) is 22.8 Å². The molecule has 1 aromatic heterocycles. The maximum atomic E-state index is 12.5. The minimum absolute atomic E-state index is 0.0231. The lowest BCUT2D eigenvalue weighted by atomic mass is 10.1. The predicted octanol–water partition coefficient (Wildman–Crippen LogP) is 3.16. The highest BCUT2D eigenvalue weighted by atomic mass is 32.2. The summed E-state index contributed by atoms with van der Waals surface area (Å²) >= 11 is 0. The van der Waals surface area contributed by atoms with E-state index in [1.54, 1.807) is 19.1 Å². The molecule has 0 bridgehead atoms. The number of nitrogens with one attached hydrogen (secondary N) is 2. The molecule has 3 aromatic rings. The number of anilines is 1. The first-order valence-corrected chi connectivity index (χ1v) is 12.0. The molecule has 34 heavy (non-hydrogen) atoms. The summed E-state index contributed by atoms with van der Waals surface area (Å²) in [5.41, 5.74) is 0.498. The van der Waals surface area contributed by atoms with Crippen molar-refractivity contribution < 1.29 is 31.9 Å². The van der Waals surface area contributed by atoms with Gasteiger partial charge in [0.15, 0.2) is 0 Å². The lowest BCUT2D eigenvalue weighted by Gasteiger charge is -2.10. The molecule has 10 nitrogen and oxygen atoms in total. The van der Waals surface area contributed by atoms with Gasteiger partial charge in [-0.3, -0.25) is 5.32 Å². The molecular weight excluding hydrogens is 464 g/mol. The van der Waals surface area contributed by atoms with E-state index in [1.807, 2.05) is 0 Å². The van der Waals surface area contributed by atoms with Gasteiger partial charge in [-0.15, -0.1) is 0 Å². The van der Waals surface area contributed by atoms with Gasteiger partial charge in [0.05, 0.1) is 17.1 Å². The standard InChI is InChI=1S/C23H22N2O8S/c1-2-31-23(28)24-17-7-10-19-15(11-21(26)33-20(19)12-17)13-32-22(27)14-3-8-18(9-4-14)34(29,30)25-16-5-6-16/h3-4,7-12,16,25H,2,5-6,13H2,1H3,(H,24,28). The van der Waals surface area contributed by atoms with Gasteiger partial charge in [-0.2, -0.15) is 0 Å². The zero-order valence-corrected chi connectivity index (χ0v) is 19.0. The van der Waals surface area contributed by atoms with Gasteiger partial charge in [0.25, 0.3) is 0 Å². The topological polar surface area (TPSA) is 141 Å². The molecule has 178 valence electrons. The van der Waals surface area contributed by atoms with E-state index < -0.39 is 27.7 Å². The van der Waals surface area contributed by atoms with Gasteiger partial charge in [-0.05, 0) is 56.2 Å². The second-order valence-electron chi connectivity index (χ2n) is 7.64. The maximum absolute atomic E-state index is 12.5. The van der Waals surface area contributed by atoms with Crippen LogP contribution < -0.4 is 15.7 Å². The number of amides is 1. The van der Waals surface area contributed by atoms with Crippen LogP contribution in [-0.2, 0) is 26.1 Å². The number of ether oxygens (including phenoxy) is 2. The summed E-state index contributed by atoms with van der Waals surface area (Å²) in [6.45, 7) is 1.67. The van der Waals surface area contributed by atoms with Crippen molar-refractivity contribution in [1.29, 1.82) is 0 Å². The van der Waals surface area contributed by atoms with Crippen LogP contribution in [0.2, 0.25) is 0 Å².